The number of carbonyl (C=O) groups excluding carboxylic acids is 2. The molecule has 0 radical (unpaired) electrons. The molecule has 3 rings (SSSR count). The number of ether oxygens (including phenoxy) is 1. The van der Waals surface area contributed by atoms with E-state index in [0.29, 0.717) is 48.6 Å². The SMILES string of the molecule is CCOC(=O)C1(C)CCC(n2ncc(C(=O)N(CC(O[Si](CC)(CC)CC)c3c(C)cncc3Cl)CC(C)(C)C(F)(F)F)c2C)CC1. The summed E-state index contributed by atoms with van der Waals surface area (Å²) in [5.41, 5.74) is -0.596. The smallest absolute Gasteiger partial charge is 0.395 e. The molecule has 1 atom stereocenters. The maximum Gasteiger partial charge on any atom is 0.395 e. The molecule has 1 saturated carbocycles. The molecule has 0 N–H and O–H groups in total. The highest BCUT2D eigenvalue weighted by atomic mass is 35.5. The molecular weight excluding hydrogens is 649 g/mol. The van der Waals surface area contributed by atoms with Crippen molar-refractivity contribution in [1.82, 2.24) is 19.7 Å². The highest BCUT2D eigenvalue weighted by Crippen LogP contribution is 2.43. The van der Waals surface area contributed by atoms with Gasteiger partial charge in [-0.1, -0.05) is 32.4 Å². The van der Waals surface area contributed by atoms with Gasteiger partial charge in [-0.15, -0.1) is 0 Å². The maximum atomic E-state index is 14.4. The van der Waals surface area contributed by atoms with E-state index in [4.69, 9.17) is 20.8 Å². The summed E-state index contributed by atoms with van der Waals surface area (Å²) < 4.78 is 57.0. The van der Waals surface area contributed by atoms with Crippen LogP contribution in [0.2, 0.25) is 23.2 Å². The van der Waals surface area contributed by atoms with Gasteiger partial charge in [0, 0.05) is 30.2 Å². The standard InChI is InChI=1S/C34H52ClF3N4O4Si/c1-10-45-31(44)33(9)16-14-25(15-17-33)42-24(6)26(19-40-42)30(43)41(22-32(7,8)34(36,37)38)21-28(46-47(11-2,12-3)13-4)29-23(5)18-39-20-27(29)35/h18-20,25,28H,10-17,21-22H2,1-9H3. The lowest BCUT2D eigenvalue weighted by Crippen LogP contribution is -2.48. The van der Waals surface area contributed by atoms with Gasteiger partial charge in [0.05, 0.1) is 52.9 Å². The van der Waals surface area contributed by atoms with Crippen LogP contribution in [0.25, 0.3) is 0 Å². The van der Waals surface area contributed by atoms with Gasteiger partial charge in [0.25, 0.3) is 5.91 Å². The van der Waals surface area contributed by atoms with Crippen molar-refractivity contribution < 1.29 is 31.9 Å². The Balaban J connectivity index is 2.03. The number of hydrogen-bond acceptors (Lipinski definition) is 6. The number of nitrogens with zero attached hydrogens (tertiary/aromatic N) is 4. The van der Waals surface area contributed by atoms with Crippen molar-refractivity contribution in [3.05, 3.63) is 46.0 Å². The Morgan fingerprint density at radius 1 is 1.09 bits per heavy atom. The number of aryl methyl sites for hydroxylation is 1. The summed E-state index contributed by atoms with van der Waals surface area (Å²) in [5, 5.41) is 4.91. The zero-order valence-corrected chi connectivity index (χ0v) is 31.1. The van der Waals surface area contributed by atoms with E-state index < -0.39 is 43.9 Å². The third-order valence-corrected chi connectivity index (χ3v) is 15.2. The van der Waals surface area contributed by atoms with Crippen LogP contribution < -0.4 is 0 Å². The molecule has 1 unspecified atom stereocenters. The molecule has 8 nitrogen and oxygen atoms in total. The number of aromatic nitrogens is 3. The molecule has 2 heterocycles. The van der Waals surface area contributed by atoms with E-state index in [1.54, 1.807) is 24.7 Å². The van der Waals surface area contributed by atoms with E-state index >= 15 is 0 Å². The quantitative estimate of drug-likeness (QED) is 0.144. The molecule has 0 spiro atoms. The topological polar surface area (TPSA) is 86.6 Å². The molecule has 2 aromatic rings. The molecule has 47 heavy (non-hydrogen) atoms. The zero-order chi connectivity index (χ0) is 35.4. The van der Waals surface area contributed by atoms with Crippen LogP contribution in [0.4, 0.5) is 13.2 Å². The first kappa shape index (κ1) is 39.0. The van der Waals surface area contributed by atoms with E-state index in [-0.39, 0.29) is 24.1 Å². The highest BCUT2D eigenvalue weighted by Gasteiger charge is 2.49. The fourth-order valence-electron chi connectivity index (χ4n) is 6.59. The van der Waals surface area contributed by atoms with Crippen LogP contribution in [0, 0.1) is 24.7 Å². The van der Waals surface area contributed by atoms with Crippen molar-refractivity contribution >= 4 is 31.8 Å². The number of amides is 1. The Morgan fingerprint density at radius 2 is 1.68 bits per heavy atom. The molecule has 2 aromatic heterocycles. The van der Waals surface area contributed by atoms with Crippen LogP contribution in [0.3, 0.4) is 0 Å². The fraction of sp³-hybridized carbons (Fsp3) is 0.706. The molecule has 1 amide bonds. The Bertz CT molecular complexity index is 1360. The lowest BCUT2D eigenvalue weighted by Gasteiger charge is -2.39. The van der Waals surface area contributed by atoms with E-state index in [1.165, 1.54) is 17.3 Å². The van der Waals surface area contributed by atoms with Gasteiger partial charge in [0.2, 0.25) is 0 Å². The third kappa shape index (κ3) is 8.59. The van der Waals surface area contributed by atoms with Crippen LogP contribution in [-0.2, 0) is 14.0 Å². The van der Waals surface area contributed by atoms with Crippen LogP contribution in [0.1, 0.15) is 113 Å². The minimum Gasteiger partial charge on any atom is -0.466 e. The van der Waals surface area contributed by atoms with Crippen LogP contribution in [0.15, 0.2) is 18.6 Å². The van der Waals surface area contributed by atoms with Gasteiger partial charge in [-0.3, -0.25) is 19.3 Å². The summed E-state index contributed by atoms with van der Waals surface area (Å²) in [4.78, 5) is 32.4. The van der Waals surface area contributed by atoms with Crippen molar-refractivity contribution in [3.8, 4) is 0 Å². The average Bonchev–Trinajstić information content (AvgIpc) is 3.39. The monoisotopic (exact) mass is 700 g/mol. The zero-order valence-electron chi connectivity index (χ0n) is 29.4. The van der Waals surface area contributed by atoms with Crippen molar-refractivity contribution in [2.45, 2.75) is 124 Å². The normalized spacial score (nSPS) is 19.8. The highest BCUT2D eigenvalue weighted by molar-refractivity contribution is 6.73. The molecule has 1 aliphatic rings. The predicted molar refractivity (Wildman–Crippen MR) is 180 cm³/mol. The predicted octanol–water partition coefficient (Wildman–Crippen LogP) is 9.03. The molecule has 0 bridgehead atoms. The van der Waals surface area contributed by atoms with E-state index in [0.717, 1.165) is 37.5 Å². The summed E-state index contributed by atoms with van der Waals surface area (Å²) >= 11 is 6.69. The van der Waals surface area contributed by atoms with Crippen molar-refractivity contribution in [3.63, 3.8) is 0 Å². The molecule has 264 valence electrons. The molecular formula is C34H52ClF3N4O4Si. The van der Waals surface area contributed by atoms with Crippen molar-refractivity contribution in [2.75, 3.05) is 19.7 Å². The van der Waals surface area contributed by atoms with Gasteiger partial charge in [0.15, 0.2) is 8.32 Å². The Hall–Kier alpha value is -2.44. The number of hydrogen-bond donors (Lipinski definition) is 0. The van der Waals surface area contributed by atoms with E-state index in [1.807, 2.05) is 13.8 Å². The minimum atomic E-state index is -4.56. The first-order valence-electron chi connectivity index (χ1n) is 16.7. The Kier molecular flexibility index (Phi) is 12.8. The lowest BCUT2D eigenvalue weighted by atomic mass is 9.74. The van der Waals surface area contributed by atoms with Crippen LogP contribution in [-0.4, -0.2) is 65.7 Å². The molecule has 0 aliphatic heterocycles. The second-order valence-corrected chi connectivity index (χ2v) is 19.0. The fourth-order valence-corrected chi connectivity index (χ4v) is 9.71. The molecule has 0 aromatic carbocycles. The number of rotatable bonds is 14. The second-order valence-electron chi connectivity index (χ2n) is 13.9. The molecule has 1 aliphatic carbocycles. The summed E-state index contributed by atoms with van der Waals surface area (Å²) in [7, 11) is -2.33. The number of carbonyl (C=O) groups is 2. The maximum absolute atomic E-state index is 14.4. The summed E-state index contributed by atoms with van der Waals surface area (Å²) in [6.45, 7) is 15.4. The first-order chi connectivity index (χ1) is 21.9. The summed E-state index contributed by atoms with van der Waals surface area (Å²) in [6, 6.07) is 2.37. The largest absolute Gasteiger partial charge is 0.466 e. The third-order valence-electron chi connectivity index (χ3n) is 10.3. The summed E-state index contributed by atoms with van der Waals surface area (Å²) in [5.74, 6) is -0.761. The summed E-state index contributed by atoms with van der Waals surface area (Å²) in [6.07, 6.45) is 1.82. The van der Waals surface area contributed by atoms with Gasteiger partial charge in [-0.2, -0.15) is 18.3 Å². The Morgan fingerprint density at radius 3 is 2.19 bits per heavy atom. The van der Waals surface area contributed by atoms with Crippen LogP contribution in [0.5, 0.6) is 0 Å². The second kappa shape index (κ2) is 15.4. The molecule has 0 saturated heterocycles. The van der Waals surface area contributed by atoms with Crippen molar-refractivity contribution in [2.24, 2.45) is 10.8 Å². The average molecular weight is 701 g/mol. The van der Waals surface area contributed by atoms with Gasteiger partial charge >= 0.3 is 12.1 Å². The molecule has 1 fully saturated rings. The van der Waals surface area contributed by atoms with Crippen molar-refractivity contribution in [1.29, 1.82) is 0 Å². The van der Waals surface area contributed by atoms with E-state index in [2.05, 4.69) is 30.9 Å². The van der Waals surface area contributed by atoms with Gasteiger partial charge in [0.1, 0.15) is 0 Å². The van der Waals surface area contributed by atoms with E-state index in [9.17, 15) is 22.8 Å². The lowest BCUT2D eigenvalue weighted by molar-refractivity contribution is -0.215. The van der Waals surface area contributed by atoms with Gasteiger partial charge in [-0.05, 0) is 90.9 Å². The minimum absolute atomic E-state index is 0.0567. The number of halogens is 4. The van der Waals surface area contributed by atoms with Gasteiger partial charge < -0.3 is 14.1 Å². The number of esters is 1. The first-order valence-corrected chi connectivity index (χ1v) is 19.6. The van der Waals surface area contributed by atoms with Crippen LogP contribution >= 0.6 is 11.6 Å². The Labute approximate surface area is 283 Å². The number of pyridine rings is 1. The van der Waals surface area contributed by atoms with Gasteiger partial charge in [-0.25, -0.2) is 0 Å². The number of alkyl halides is 3. The molecule has 13 heteroatoms.